The molecule has 1 heterocycles. The summed E-state index contributed by atoms with van der Waals surface area (Å²) in [6.07, 6.45) is 2.19. The van der Waals surface area contributed by atoms with E-state index in [1.807, 2.05) is 23.9 Å². The lowest BCUT2D eigenvalue weighted by Crippen LogP contribution is -2.30. The van der Waals surface area contributed by atoms with E-state index in [9.17, 15) is 0 Å². The van der Waals surface area contributed by atoms with Gasteiger partial charge in [-0.3, -0.25) is 0 Å². The van der Waals surface area contributed by atoms with Crippen LogP contribution in [0.4, 0.5) is 0 Å². The highest BCUT2D eigenvalue weighted by atomic mass is 32.2. The molecule has 0 atom stereocenters. The first-order valence-electron chi connectivity index (χ1n) is 5.32. The zero-order chi connectivity index (χ0) is 10.5. The topological polar surface area (TPSA) is 29.5 Å². The van der Waals surface area contributed by atoms with Crippen molar-refractivity contribution in [1.82, 2.24) is 0 Å². The van der Waals surface area contributed by atoms with Gasteiger partial charge in [-0.2, -0.15) is 11.8 Å². The van der Waals surface area contributed by atoms with Crippen LogP contribution < -0.4 is 4.74 Å². The van der Waals surface area contributed by atoms with E-state index in [4.69, 9.17) is 9.84 Å². The maximum atomic E-state index is 8.71. The number of rotatable bonds is 5. The van der Waals surface area contributed by atoms with E-state index >= 15 is 0 Å². The molecule has 0 saturated carbocycles. The number of thioether (sulfide) groups is 1. The molecule has 82 valence electrons. The van der Waals surface area contributed by atoms with Crippen LogP contribution in [0.2, 0.25) is 0 Å². The monoisotopic (exact) mass is 224 g/mol. The number of hydrogen-bond acceptors (Lipinski definition) is 3. The Kier molecular flexibility index (Phi) is 3.92. The molecule has 0 spiro atoms. The summed E-state index contributed by atoms with van der Waals surface area (Å²) in [4.78, 5) is 0. The van der Waals surface area contributed by atoms with E-state index < -0.39 is 0 Å². The van der Waals surface area contributed by atoms with Crippen LogP contribution in [0.1, 0.15) is 12.0 Å². The summed E-state index contributed by atoms with van der Waals surface area (Å²) >= 11 is 1.93. The molecule has 0 aromatic heterocycles. The smallest absolute Gasteiger partial charge is 0.119 e. The minimum absolute atomic E-state index is 0.261. The predicted molar refractivity (Wildman–Crippen MR) is 63.6 cm³/mol. The Bertz CT molecular complexity index is 293. The van der Waals surface area contributed by atoms with Gasteiger partial charge in [0.2, 0.25) is 0 Å². The van der Waals surface area contributed by atoms with E-state index in [0.717, 1.165) is 30.1 Å². The zero-order valence-corrected chi connectivity index (χ0v) is 9.50. The van der Waals surface area contributed by atoms with Crippen LogP contribution in [0.5, 0.6) is 5.75 Å². The third-order valence-corrected chi connectivity index (χ3v) is 3.67. The van der Waals surface area contributed by atoms with Crippen molar-refractivity contribution >= 4 is 11.8 Å². The van der Waals surface area contributed by atoms with E-state index in [1.165, 1.54) is 5.56 Å². The van der Waals surface area contributed by atoms with Crippen molar-refractivity contribution in [2.24, 2.45) is 0 Å². The fourth-order valence-corrected chi connectivity index (χ4v) is 2.06. The van der Waals surface area contributed by atoms with Gasteiger partial charge in [-0.05, 0) is 30.5 Å². The molecule has 1 aromatic rings. The van der Waals surface area contributed by atoms with Crippen molar-refractivity contribution in [1.29, 1.82) is 0 Å². The molecule has 3 heteroatoms. The highest BCUT2D eigenvalue weighted by Gasteiger charge is 2.19. The quantitative estimate of drug-likeness (QED) is 0.830. The Morgan fingerprint density at radius 1 is 1.27 bits per heavy atom. The van der Waals surface area contributed by atoms with Gasteiger partial charge in [-0.1, -0.05) is 12.1 Å². The van der Waals surface area contributed by atoms with Crippen molar-refractivity contribution in [3.63, 3.8) is 0 Å². The van der Waals surface area contributed by atoms with Crippen molar-refractivity contribution in [2.75, 3.05) is 18.1 Å². The molecule has 1 fully saturated rings. The Labute approximate surface area is 94.6 Å². The van der Waals surface area contributed by atoms with Gasteiger partial charge in [0.05, 0.1) is 0 Å². The first-order valence-corrected chi connectivity index (χ1v) is 6.48. The van der Waals surface area contributed by atoms with Crippen LogP contribution in [0, 0.1) is 0 Å². The van der Waals surface area contributed by atoms with Crippen LogP contribution >= 0.6 is 11.8 Å². The predicted octanol–water partition coefficient (Wildman–Crippen LogP) is 2.11. The van der Waals surface area contributed by atoms with E-state index in [-0.39, 0.29) is 6.61 Å². The Hall–Kier alpha value is -0.670. The fourth-order valence-electron chi connectivity index (χ4n) is 1.49. The Balaban J connectivity index is 1.85. The normalized spacial score (nSPS) is 16.1. The number of aryl methyl sites for hydroxylation is 1. The highest BCUT2D eigenvalue weighted by Crippen LogP contribution is 2.24. The van der Waals surface area contributed by atoms with Crippen LogP contribution in [0.15, 0.2) is 24.3 Å². The summed E-state index contributed by atoms with van der Waals surface area (Å²) in [6, 6.07) is 8.21. The van der Waals surface area contributed by atoms with Gasteiger partial charge in [-0.15, -0.1) is 0 Å². The van der Waals surface area contributed by atoms with Gasteiger partial charge >= 0.3 is 0 Å². The number of hydrogen-bond donors (Lipinski definition) is 1. The van der Waals surface area contributed by atoms with Crippen LogP contribution in [0.25, 0.3) is 0 Å². The molecular formula is C12H16O2S. The summed E-state index contributed by atoms with van der Waals surface area (Å²) in [7, 11) is 0. The first kappa shape index (κ1) is 10.8. The second-order valence-electron chi connectivity index (χ2n) is 3.75. The molecule has 2 rings (SSSR count). The molecule has 0 aliphatic carbocycles. The summed E-state index contributed by atoms with van der Waals surface area (Å²) in [5, 5.41) is 8.71. The number of aliphatic hydroxyl groups excluding tert-OH is 1. The summed E-state index contributed by atoms with van der Waals surface area (Å²) in [6.45, 7) is 0.261. The molecule has 15 heavy (non-hydrogen) atoms. The molecule has 1 aliphatic rings. The van der Waals surface area contributed by atoms with E-state index in [0.29, 0.717) is 6.10 Å². The fraction of sp³-hybridized carbons (Fsp3) is 0.500. The molecule has 2 nitrogen and oxygen atoms in total. The lowest BCUT2D eigenvalue weighted by atomic mass is 10.1. The second kappa shape index (κ2) is 5.42. The largest absolute Gasteiger partial charge is 0.489 e. The lowest BCUT2D eigenvalue weighted by Gasteiger charge is -2.25. The SMILES string of the molecule is OCCCc1ccc(OC2CSC2)cc1. The Morgan fingerprint density at radius 2 is 2.00 bits per heavy atom. The second-order valence-corrected chi connectivity index (χ2v) is 4.82. The molecule has 0 radical (unpaired) electrons. The lowest BCUT2D eigenvalue weighted by molar-refractivity contribution is 0.240. The molecular weight excluding hydrogens is 208 g/mol. The third-order valence-electron chi connectivity index (χ3n) is 2.46. The molecule has 1 aliphatic heterocycles. The van der Waals surface area contributed by atoms with Gasteiger partial charge in [0.1, 0.15) is 11.9 Å². The minimum Gasteiger partial charge on any atom is -0.489 e. The maximum absolute atomic E-state index is 8.71. The van der Waals surface area contributed by atoms with Gasteiger partial charge in [0.15, 0.2) is 0 Å². The molecule has 0 unspecified atom stereocenters. The molecule has 0 bridgehead atoms. The minimum atomic E-state index is 0.261. The molecule has 0 amide bonds. The van der Waals surface area contributed by atoms with Crippen molar-refractivity contribution < 1.29 is 9.84 Å². The Morgan fingerprint density at radius 3 is 2.53 bits per heavy atom. The number of aliphatic hydroxyl groups is 1. The average Bonchev–Trinajstić information content (AvgIpc) is 2.22. The van der Waals surface area contributed by atoms with E-state index in [1.54, 1.807) is 0 Å². The van der Waals surface area contributed by atoms with Gasteiger partial charge < -0.3 is 9.84 Å². The zero-order valence-electron chi connectivity index (χ0n) is 8.69. The number of ether oxygens (including phenoxy) is 1. The van der Waals surface area contributed by atoms with Crippen molar-refractivity contribution in [3.05, 3.63) is 29.8 Å². The van der Waals surface area contributed by atoms with Gasteiger partial charge in [0.25, 0.3) is 0 Å². The van der Waals surface area contributed by atoms with Crippen molar-refractivity contribution in [2.45, 2.75) is 18.9 Å². The molecule has 1 saturated heterocycles. The van der Waals surface area contributed by atoms with Gasteiger partial charge in [-0.25, -0.2) is 0 Å². The third kappa shape index (κ3) is 3.14. The summed E-state index contributed by atoms with van der Waals surface area (Å²) < 4.78 is 5.74. The molecule has 1 aromatic carbocycles. The van der Waals surface area contributed by atoms with Crippen LogP contribution in [-0.4, -0.2) is 29.3 Å². The summed E-state index contributed by atoms with van der Waals surface area (Å²) in [5.41, 5.74) is 1.26. The standard InChI is InChI=1S/C12H16O2S/c13-7-1-2-10-3-5-11(6-4-10)14-12-8-15-9-12/h3-6,12-13H,1-2,7-9H2. The average molecular weight is 224 g/mol. The van der Waals surface area contributed by atoms with Gasteiger partial charge in [0, 0.05) is 18.1 Å². The highest BCUT2D eigenvalue weighted by molar-refractivity contribution is 8.00. The summed E-state index contributed by atoms with van der Waals surface area (Å²) in [5.74, 6) is 3.20. The van der Waals surface area contributed by atoms with Crippen molar-refractivity contribution in [3.8, 4) is 5.75 Å². The van der Waals surface area contributed by atoms with Crippen LogP contribution in [0.3, 0.4) is 0 Å². The molecule has 1 N–H and O–H groups in total. The van der Waals surface area contributed by atoms with Crippen LogP contribution in [-0.2, 0) is 6.42 Å². The maximum Gasteiger partial charge on any atom is 0.119 e. The number of benzene rings is 1. The van der Waals surface area contributed by atoms with E-state index in [2.05, 4.69) is 12.1 Å². The first-order chi connectivity index (χ1) is 7.38.